The Morgan fingerprint density at radius 3 is 2.83 bits per heavy atom. The van der Waals surface area contributed by atoms with Crippen LogP contribution in [0, 0.1) is 5.92 Å². The summed E-state index contributed by atoms with van der Waals surface area (Å²) in [4.78, 5) is 13.6. The minimum Gasteiger partial charge on any atom is -0.356 e. The molecule has 1 saturated heterocycles. The van der Waals surface area contributed by atoms with Crippen molar-refractivity contribution < 1.29 is 9.53 Å². The van der Waals surface area contributed by atoms with Gasteiger partial charge in [-0.05, 0) is 39.0 Å². The third-order valence-corrected chi connectivity index (χ3v) is 3.43. The first kappa shape index (κ1) is 15.2. The van der Waals surface area contributed by atoms with Gasteiger partial charge in [-0.25, -0.2) is 0 Å². The van der Waals surface area contributed by atoms with Crippen LogP contribution in [-0.2, 0) is 9.53 Å². The number of ether oxygens (including phenoxy) is 1. The van der Waals surface area contributed by atoms with Crippen molar-refractivity contribution in [2.24, 2.45) is 5.92 Å². The Hall–Kier alpha value is -0.830. The zero-order valence-electron chi connectivity index (χ0n) is 12.2. The lowest BCUT2D eigenvalue weighted by Crippen LogP contribution is -2.36. The van der Waals surface area contributed by atoms with Gasteiger partial charge in [-0.1, -0.05) is 25.5 Å². The van der Waals surface area contributed by atoms with E-state index in [2.05, 4.69) is 26.8 Å². The molecule has 0 saturated carbocycles. The molecule has 104 valence electrons. The summed E-state index contributed by atoms with van der Waals surface area (Å²) in [6.07, 6.45) is 6.12. The third kappa shape index (κ3) is 4.81. The molecule has 1 fully saturated rings. The summed E-state index contributed by atoms with van der Waals surface area (Å²) in [6.45, 7) is 9.87. The van der Waals surface area contributed by atoms with Crippen molar-refractivity contribution in [3.8, 4) is 0 Å². The molecule has 0 bridgehead atoms. The average molecular weight is 253 g/mol. The van der Waals surface area contributed by atoms with Gasteiger partial charge in [0.15, 0.2) is 0 Å². The largest absolute Gasteiger partial charge is 0.356 e. The van der Waals surface area contributed by atoms with Crippen molar-refractivity contribution in [1.29, 1.82) is 0 Å². The van der Waals surface area contributed by atoms with Crippen molar-refractivity contribution in [2.45, 2.75) is 59.6 Å². The lowest BCUT2D eigenvalue weighted by atomic mass is 9.99. The van der Waals surface area contributed by atoms with E-state index in [1.807, 2.05) is 11.8 Å². The SMILES string of the molecule is CCC(=O)N1CCO[C@H]1C[C@H](C)CCC=C(C)C. The second-order valence-electron chi connectivity index (χ2n) is 5.47. The van der Waals surface area contributed by atoms with E-state index in [-0.39, 0.29) is 12.1 Å². The van der Waals surface area contributed by atoms with Gasteiger partial charge in [0.25, 0.3) is 0 Å². The summed E-state index contributed by atoms with van der Waals surface area (Å²) < 4.78 is 5.68. The zero-order valence-corrected chi connectivity index (χ0v) is 12.2. The summed E-state index contributed by atoms with van der Waals surface area (Å²) in [6, 6.07) is 0. The highest BCUT2D eigenvalue weighted by Crippen LogP contribution is 2.22. The van der Waals surface area contributed by atoms with Gasteiger partial charge in [-0.3, -0.25) is 4.79 Å². The molecule has 3 nitrogen and oxygen atoms in total. The van der Waals surface area contributed by atoms with Crippen LogP contribution in [0.2, 0.25) is 0 Å². The van der Waals surface area contributed by atoms with Crippen LogP contribution in [0.25, 0.3) is 0 Å². The maximum Gasteiger partial charge on any atom is 0.224 e. The standard InChI is InChI=1S/C15H27NO2/c1-5-14(17)16-9-10-18-15(16)11-13(4)8-6-7-12(2)3/h7,13,15H,5-6,8-11H2,1-4H3/t13-,15+/m1/s1. The molecule has 1 rings (SSSR count). The van der Waals surface area contributed by atoms with E-state index in [1.54, 1.807) is 0 Å². The number of carbonyl (C=O) groups excluding carboxylic acids is 1. The van der Waals surface area contributed by atoms with Crippen LogP contribution in [0.15, 0.2) is 11.6 Å². The molecule has 0 N–H and O–H groups in total. The number of hydrogen-bond acceptors (Lipinski definition) is 2. The molecular weight excluding hydrogens is 226 g/mol. The molecule has 0 aromatic heterocycles. The van der Waals surface area contributed by atoms with Gasteiger partial charge < -0.3 is 9.64 Å². The van der Waals surface area contributed by atoms with Crippen LogP contribution in [0.5, 0.6) is 0 Å². The van der Waals surface area contributed by atoms with Crippen LogP contribution >= 0.6 is 0 Å². The minimum atomic E-state index is 0.0131. The van der Waals surface area contributed by atoms with Crippen LogP contribution < -0.4 is 0 Å². The fraction of sp³-hybridized carbons (Fsp3) is 0.800. The number of rotatable bonds is 6. The first-order valence-corrected chi connectivity index (χ1v) is 7.09. The molecule has 1 aliphatic rings. The predicted octanol–water partition coefficient (Wildman–Crippen LogP) is 3.35. The summed E-state index contributed by atoms with van der Waals surface area (Å²) in [5.41, 5.74) is 1.38. The molecule has 1 heterocycles. The summed E-state index contributed by atoms with van der Waals surface area (Å²) >= 11 is 0. The van der Waals surface area contributed by atoms with Gasteiger partial charge in [-0.15, -0.1) is 0 Å². The lowest BCUT2D eigenvalue weighted by molar-refractivity contribution is -0.136. The number of nitrogens with zero attached hydrogens (tertiary/aromatic N) is 1. The number of allylic oxidation sites excluding steroid dienone is 2. The number of carbonyl (C=O) groups is 1. The smallest absolute Gasteiger partial charge is 0.224 e. The quantitative estimate of drug-likeness (QED) is 0.679. The van der Waals surface area contributed by atoms with Crippen molar-refractivity contribution in [1.82, 2.24) is 4.90 Å². The summed E-state index contributed by atoms with van der Waals surface area (Å²) in [5, 5.41) is 0. The molecule has 0 aromatic carbocycles. The van der Waals surface area contributed by atoms with Crippen molar-refractivity contribution >= 4 is 5.91 Å². The first-order chi connectivity index (χ1) is 8.54. The second kappa shape index (κ2) is 7.57. The van der Waals surface area contributed by atoms with E-state index in [0.717, 1.165) is 19.4 Å². The van der Waals surface area contributed by atoms with Crippen LogP contribution in [0.3, 0.4) is 0 Å². The van der Waals surface area contributed by atoms with Gasteiger partial charge in [0, 0.05) is 13.0 Å². The highest BCUT2D eigenvalue weighted by atomic mass is 16.5. The van der Waals surface area contributed by atoms with Gasteiger partial charge in [0.1, 0.15) is 6.23 Å². The molecule has 0 aliphatic carbocycles. The van der Waals surface area contributed by atoms with Crippen LogP contribution in [-0.4, -0.2) is 30.2 Å². The Kier molecular flexibility index (Phi) is 6.41. The monoisotopic (exact) mass is 253 g/mol. The molecule has 3 heteroatoms. The topological polar surface area (TPSA) is 29.5 Å². The molecule has 18 heavy (non-hydrogen) atoms. The average Bonchev–Trinajstić information content (AvgIpc) is 2.75. The zero-order chi connectivity index (χ0) is 13.5. The number of amides is 1. The molecule has 0 aromatic rings. The molecule has 1 amide bonds. The van der Waals surface area contributed by atoms with E-state index in [0.29, 0.717) is 18.9 Å². The van der Waals surface area contributed by atoms with Crippen molar-refractivity contribution in [3.05, 3.63) is 11.6 Å². The fourth-order valence-electron chi connectivity index (χ4n) is 2.32. The van der Waals surface area contributed by atoms with E-state index in [1.165, 1.54) is 12.0 Å². The maximum atomic E-state index is 11.7. The normalized spacial score (nSPS) is 20.9. The van der Waals surface area contributed by atoms with Gasteiger partial charge in [0.2, 0.25) is 5.91 Å². The molecule has 0 spiro atoms. The molecule has 0 radical (unpaired) electrons. The Bertz CT molecular complexity index is 295. The molecular formula is C15H27NO2. The summed E-state index contributed by atoms with van der Waals surface area (Å²) in [7, 11) is 0. The molecule has 2 atom stereocenters. The van der Waals surface area contributed by atoms with Crippen molar-refractivity contribution in [3.63, 3.8) is 0 Å². The minimum absolute atomic E-state index is 0.0131. The Balaban J connectivity index is 2.36. The van der Waals surface area contributed by atoms with Gasteiger partial charge in [0.05, 0.1) is 6.61 Å². The summed E-state index contributed by atoms with van der Waals surface area (Å²) in [5.74, 6) is 0.810. The number of hydrogen-bond donors (Lipinski definition) is 0. The molecule has 0 unspecified atom stereocenters. The van der Waals surface area contributed by atoms with E-state index in [4.69, 9.17) is 4.74 Å². The highest BCUT2D eigenvalue weighted by molar-refractivity contribution is 5.76. The van der Waals surface area contributed by atoms with Gasteiger partial charge >= 0.3 is 0 Å². The third-order valence-electron chi connectivity index (χ3n) is 3.43. The van der Waals surface area contributed by atoms with E-state index in [9.17, 15) is 4.79 Å². The fourth-order valence-corrected chi connectivity index (χ4v) is 2.32. The maximum absolute atomic E-state index is 11.7. The predicted molar refractivity (Wildman–Crippen MR) is 74.2 cm³/mol. The van der Waals surface area contributed by atoms with Crippen molar-refractivity contribution in [2.75, 3.05) is 13.2 Å². The Labute approximate surface area is 111 Å². The van der Waals surface area contributed by atoms with Crippen LogP contribution in [0.4, 0.5) is 0 Å². The molecule has 1 aliphatic heterocycles. The Morgan fingerprint density at radius 1 is 1.50 bits per heavy atom. The highest BCUT2D eigenvalue weighted by Gasteiger charge is 2.29. The lowest BCUT2D eigenvalue weighted by Gasteiger charge is -2.25. The Morgan fingerprint density at radius 2 is 2.22 bits per heavy atom. The van der Waals surface area contributed by atoms with E-state index >= 15 is 0 Å². The van der Waals surface area contributed by atoms with E-state index < -0.39 is 0 Å². The van der Waals surface area contributed by atoms with Gasteiger partial charge in [-0.2, -0.15) is 0 Å². The van der Waals surface area contributed by atoms with Crippen LogP contribution in [0.1, 0.15) is 53.4 Å². The first-order valence-electron chi connectivity index (χ1n) is 7.09. The second-order valence-corrected chi connectivity index (χ2v) is 5.47.